The molecular weight excluding hydrogens is 286 g/mol. The van der Waals surface area contributed by atoms with Crippen molar-refractivity contribution < 1.29 is 0 Å². The van der Waals surface area contributed by atoms with E-state index in [0.29, 0.717) is 12.5 Å². The monoisotopic (exact) mass is 309 g/mol. The molecule has 0 amide bonds. The van der Waals surface area contributed by atoms with Gasteiger partial charge in [0.25, 0.3) is 0 Å². The van der Waals surface area contributed by atoms with Crippen LogP contribution in [0.15, 0.2) is 36.4 Å². The molecule has 3 rings (SSSR count). The SMILES string of the molecule is CCc1nnc(NCc2ccc(N3CC=CC3)cc2)nc1CC. The molecule has 1 aromatic heterocycles. The summed E-state index contributed by atoms with van der Waals surface area (Å²) in [6.45, 7) is 6.88. The normalized spacial score (nSPS) is 13.6. The number of aromatic nitrogens is 3. The Morgan fingerprint density at radius 2 is 1.65 bits per heavy atom. The molecule has 23 heavy (non-hydrogen) atoms. The Balaban J connectivity index is 1.61. The van der Waals surface area contributed by atoms with Crippen molar-refractivity contribution in [1.29, 1.82) is 0 Å². The number of hydrogen-bond donors (Lipinski definition) is 1. The molecule has 5 nitrogen and oxygen atoms in total. The highest BCUT2D eigenvalue weighted by Crippen LogP contribution is 2.18. The lowest BCUT2D eigenvalue weighted by Crippen LogP contribution is -2.18. The van der Waals surface area contributed by atoms with E-state index in [-0.39, 0.29) is 0 Å². The zero-order valence-corrected chi connectivity index (χ0v) is 13.8. The lowest BCUT2D eigenvalue weighted by Gasteiger charge is -2.17. The van der Waals surface area contributed by atoms with Crippen molar-refractivity contribution in [2.75, 3.05) is 23.3 Å². The van der Waals surface area contributed by atoms with Gasteiger partial charge in [0.05, 0.1) is 11.4 Å². The summed E-state index contributed by atoms with van der Waals surface area (Å²) in [6, 6.07) is 8.63. The van der Waals surface area contributed by atoms with Gasteiger partial charge in [-0.15, -0.1) is 5.10 Å². The predicted octanol–water partition coefficient (Wildman–Crippen LogP) is 2.98. The molecule has 0 spiro atoms. The van der Waals surface area contributed by atoms with Gasteiger partial charge in [0.1, 0.15) is 0 Å². The summed E-state index contributed by atoms with van der Waals surface area (Å²) in [7, 11) is 0. The van der Waals surface area contributed by atoms with Gasteiger partial charge in [-0.05, 0) is 30.5 Å². The van der Waals surface area contributed by atoms with Crippen LogP contribution in [0, 0.1) is 0 Å². The van der Waals surface area contributed by atoms with Crippen LogP contribution in [0.3, 0.4) is 0 Å². The van der Waals surface area contributed by atoms with E-state index >= 15 is 0 Å². The first-order chi connectivity index (χ1) is 11.3. The number of nitrogens with zero attached hydrogens (tertiary/aromatic N) is 4. The Morgan fingerprint density at radius 3 is 2.30 bits per heavy atom. The molecule has 1 aliphatic heterocycles. The third-order valence-electron chi connectivity index (χ3n) is 4.08. The van der Waals surface area contributed by atoms with Crippen LogP contribution in [0.1, 0.15) is 30.8 Å². The standard InChI is InChI=1S/C18H23N5/c1-3-16-17(4-2)21-22-18(20-16)19-13-14-7-9-15(10-8-14)23-11-5-6-12-23/h5-10H,3-4,11-13H2,1-2H3,(H,19,20,22). The van der Waals surface area contributed by atoms with Crippen LogP contribution < -0.4 is 10.2 Å². The van der Waals surface area contributed by atoms with Crippen LogP contribution in [0.25, 0.3) is 0 Å². The average molecular weight is 309 g/mol. The van der Waals surface area contributed by atoms with Crippen molar-refractivity contribution in [3.05, 3.63) is 53.4 Å². The van der Waals surface area contributed by atoms with Gasteiger partial charge in [0.2, 0.25) is 5.95 Å². The van der Waals surface area contributed by atoms with Gasteiger partial charge >= 0.3 is 0 Å². The van der Waals surface area contributed by atoms with Crippen LogP contribution in [-0.2, 0) is 19.4 Å². The fourth-order valence-corrected chi connectivity index (χ4v) is 2.71. The third-order valence-corrected chi connectivity index (χ3v) is 4.08. The maximum atomic E-state index is 4.56. The molecule has 1 N–H and O–H groups in total. The first-order valence-corrected chi connectivity index (χ1v) is 8.25. The second-order valence-electron chi connectivity index (χ2n) is 5.63. The highest BCUT2D eigenvalue weighted by atomic mass is 15.2. The van der Waals surface area contributed by atoms with Gasteiger partial charge in [0.15, 0.2) is 0 Å². The van der Waals surface area contributed by atoms with E-state index in [4.69, 9.17) is 0 Å². The molecule has 1 aliphatic rings. The summed E-state index contributed by atoms with van der Waals surface area (Å²) >= 11 is 0. The molecule has 0 radical (unpaired) electrons. The number of benzene rings is 1. The molecule has 0 atom stereocenters. The van der Waals surface area contributed by atoms with Crippen molar-refractivity contribution in [2.45, 2.75) is 33.2 Å². The summed E-state index contributed by atoms with van der Waals surface area (Å²) in [5.74, 6) is 0.604. The van der Waals surface area contributed by atoms with Gasteiger partial charge in [-0.3, -0.25) is 0 Å². The van der Waals surface area contributed by atoms with Crippen molar-refractivity contribution in [3.8, 4) is 0 Å². The van der Waals surface area contributed by atoms with Crippen molar-refractivity contribution in [2.24, 2.45) is 0 Å². The Hall–Kier alpha value is -2.43. The van der Waals surface area contributed by atoms with E-state index in [1.807, 2.05) is 0 Å². The summed E-state index contributed by atoms with van der Waals surface area (Å²) < 4.78 is 0. The molecule has 0 aliphatic carbocycles. The number of hydrogen-bond acceptors (Lipinski definition) is 5. The molecule has 1 aromatic carbocycles. The topological polar surface area (TPSA) is 53.9 Å². The van der Waals surface area contributed by atoms with Crippen molar-refractivity contribution >= 4 is 11.6 Å². The molecule has 2 aromatic rings. The van der Waals surface area contributed by atoms with Gasteiger partial charge < -0.3 is 10.2 Å². The van der Waals surface area contributed by atoms with Gasteiger partial charge in [-0.25, -0.2) is 4.98 Å². The Kier molecular flexibility index (Phi) is 4.86. The van der Waals surface area contributed by atoms with Crippen LogP contribution in [-0.4, -0.2) is 28.3 Å². The van der Waals surface area contributed by atoms with Gasteiger partial charge in [0, 0.05) is 25.3 Å². The largest absolute Gasteiger partial charge is 0.364 e. The summed E-state index contributed by atoms with van der Waals surface area (Å²) in [6.07, 6.45) is 6.15. The second kappa shape index (κ2) is 7.22. The molecular formula is C18H23N5. The Morgan fingerprint density at radius 1 is 0.957 bits per heavy atom. The van der Waals surface area contributed by atoms with Crippen molar-refractivity contribution in [3.63, 3.8) is 0 Å². The predicted molar refractivity (Wildman–Crippen MR) is 93.7 cm³/mol. The molecule has 2 heterocycles. The molecule has 0 saturated carbocycles. The smallest absolute Gasteiger partial charge is 0.243 e. The number of rotatable bonds is 6. The molecule has 0 fully saturated rings. The van der Waals surface area contributed by atoms with Crippen molar-refractivity contribution in [1.82, 2.24) is 15.2 Å². The minimum absolute atomic E-state index is 0.604. The number of aryl methyl sites for hydroxylation is 2. The fourth-order valence-electron chi connectivity index (χ4n) is 2.71. The van der Waals surface area contributed by atoms with E-state index < -0.39 is 0 Å². The molecule has 120 valence electrons. The minimum Gasteiger partial charge on any atom is -0.364 e. The van der Waals surface area contributed by atoms with E-state index in [1.165, 1.54) is 11.3 Å². The summed E-state index contributed by atoms with van der Waals surface area (Å²) in [5.41, 5.74) is 4.49. The summed E-state index contributed by atoms with van der Waals surface area (Å²) in [4.78, 5) is 6.89. The minimum atomic E-state index is 0.604. The van der Waals surface area contributed by atoms with Crippen LogP contribution in [0.5, 0.6) is 0 Å². The van der Waals surface area contributed by atoms with Crippen LogP contribution >= 0.6 is 0 Å². The van der Waals surface area contributed by atoms with E-state index in [9.17, 15) is 0 Å². The highest BCUT2D eigenvalue weighted by Gasteiger charge is 2.08. The van der Waals surface area contributed by atoms with Crippen LogP contribution in [0.4, 0.5) is 11.6 Å². The zero-order chi connectivity index (χ0) is 16.1. The van der Waals surface area contributed by atoms with Crippen LogP contribution in [0.2, 0.25) is 0 Å². The molecule has 0 saturated heterocycles. The fraction of sp³-hybridized carbons (Fsp3) is 0.389. The average Bonchev–Trinajstić information content (AvgIpc) is 3.14. The number of nitrogens with one attached hydrogen (secondary N) is 1. The molecule has 5 heteroatoms. The lowest BCUT2D eigenvalue weighted by molar-refractivity contribution is 0.819. The maximum absolute atomic E-state index is 4.56. The first-order valence-electron chi connectivity index (χ1n) is 8.25. The maximum Gasteiger partial charge on any atom is 0.243 e. The van der Waals surface area contributed by atoms with Gasteiger partial charge in [-0.2, -0.15) is 5.10 Å². The quantitative estimate of drug-likeness (QED) is 0.831. The zero-order valence-electron chi connectivity index (χ0n) is 13.8. The number of anilines is 2. The third kappa shape index (κ3) is 3.67. The highest BCUT2D eigenvalue weighted by molar-refractivity contribution is 5.50. The van der Waals surface area contributed by atoms with E-state index in [0.717, 1.165) is 37.3 Å². The summed E-state index contributed by atoms with van der Waals surface area (Å²) in [5, 5.41) is 11.7. The first kappa shape index (κ1) is 15.5. The molecule has 0 bridgehead atoms. The molecule has 0 unspecified atom stereocenters. The Labute approximate surface area is 137 Å². The second-order valence-corrected chi connectivity index (χ2v) is 5.63. The van der Waals surface area contributed by atoms with E-state index in [1.54, 1.807) is 0 Å². The van der Waals surface area contributed by atoms with Gasteiger partial charge in [-0.1, -0.05) is 38.1 Å². The lowest BCUT2D eigenvalue weighted by atomic mass is 10.2. The van der Waals surface area contributed by atoms with E-state index in [2.05, 4.69) is 75.7 Å². The Bertz CT molecular complexity index is 670.